The van der Waals surface area contributed by atoms with Gasteiger partial charge in [0.25, 0.3) is 0 Å². The van der Waals surface area contributed by atoms with Crippen molar-refractivity contribution < 1.29 is 17.9 Å². The fourth-order valence-corrected chi connectivity index (χ4v) is 4.50. The lowest BCUT2D eigenvalue weighted by atomic mass is 9.85. The average molecular weight is 336 g/mol. The topological polar surface area (TPSA) is 75.7 Å². The first-order valence-electron chi connectivity index (χ1n) is 7.60. The minimum Gasteiger partial charge on any atom is -0.445 e. The molecule has 1 amide bonds. The van der Waals surface area contributed by atoms with Crippen molar-refractivity contribution in [3.05, 3.63) is 47.4 Å². The fourth-order valence-electron chi connectivity index (χ4n) is 3.17. The number of hydrogen-bond acceptors (Lipinski definition) is 4. The van der Waals surface area contributed by atoms with E-state index in [-0.39, 0.29) is 18.7 Å². The van der Waals surface area contributed by atoms with Gasteiger partial charge in [-0.3, -0.25) is 0 Å². The zero-order valence-electron chi connectivity index (χ0n) is 12.9. The normalized spacial score (nSPS) is 28.9. The largest absolute Gasteiger partial charge is 0.445 e. The van der Waals surface area contributed by atoms with Crippen molar-refractivity contribution >= 4 is 16.1 Å². The SMILES string of the molecule is CC1CC2(C=CS(=O)(=O)N2)CCN1C(=O)OCc1ccccc1. The molecule has 7 heteroatoms. The molecular weight excluding hydrogens is 316 g/mol. The zero-order chi connectivity index (χ0) is 16.5. The summed E-state index contributed by atoms with van der Waals surface area (Å²) in [5.41, 5.74) is 0.377. The summed E-state index contributed by atoms with van der Waals surface area (Å²) in [4.78, 5) is 13.9. The van der Waals surface area contributed by atoms with Gasteiger partial charge in [-0.25, -0.2) is 17.9 Å². The molecule has 3 rings (SSSR count). The van der Waals surface area contributed by atoms with Crippen LogP contribution in [0.4, 0.5) is 4.79 Å². The van der Waals surface area contributed by atoms with E-state index < -0.39 is 15.6 Å². The molecule has 0 bridgehead atoms. The van der Waals surface area contributed by atoms with Gasteiger partial charge in [-0.2, -0.15) is 0 Å². The van der Waals surface area contributed by atoms with E-state index in [9.17, 15) is 13.2 Å². The second kappa shape index (κ2) is 5.98. The molecule has 1 spiro atoms. The van der Waals surface area contributed by atoms with Crippen LogP contribution in [0.5, 0.6) is 0 Å². The van der Waals surface area contributed by atoms with Crippen molar-refractivity contribution in [2.45, 2.75) is 38.0 Å². The lowest BCUT2D eigenvalue weighted by Crippen LogP contribution is -2.55. The standard InChI is InChI=1S/C16H20N2O4S/c1-13-11-16(8-10-23(20,21)17-16)7-9-18(13)15(19)22-12-14-5-3-2-4-6-14/h2-6,8,10,13,17H,7,9,11-12H2,1H3. The van der Waals surface area contributed by atoms with Gasteiger partial charge < -0.3 is 9.64 Å². The third-order valence-corrected chi connectivity index (χ3v) is 5.53. The van der Waals surface area contributed by atoms with Gasteiger partial charge in [-0.1, -0.05) is 36.4 Å². The molecule has 0 radical (unpaired) electrons. The van der Waals surface area contributed by atoms with Gasteiger partial charge in [0.05, 0.1) is 5.54 Å². The van der Waals surface area contributed by atoms with Crippen LogP contribution in [0.15, 0.2) is 41.8 Å². The van der Waals surface area contributed by atoms with Crippen molar-refractivity contribution in [1.82, 2.24) is 9.62 Å². The quantitative estimate of drug-likeness (QED) is 0.896. The van der Waals surface area contributed by atoms with Gasteiger partial charge in [0.2, 0.25) is 10.0 Å². The molecular formula is C16H20N2O4S. The third-order valence-electron chi connectivity index (χ3n) is 4.34. The van der Waals surface area contributed by atoms with E-state index in [1.807, 2.05) is 37.3 Å². The highest BCUT2D eigenvalue weighted by Gasteiger charge is 2.43. The van der Waals surface area contributed by atoms with Gasteiger partial charge in [0, 0.05) is 18.0 Å². The van der Waals surface area contributed by atoms with Crippen molar-refractivity contribution in [3.63, 3.8) is 0 Å². The van der Waals surface area contributed by atoms with E-state index in [1.165, 1.54) is 5.41 Å². The number of rotatable bonds is 2. The Balaban J connectivity index is 1.58. The summed E-state index contributed by atoms with van der Waals surface area (Å²) in [5, 5.41) is 1.21. The number of hydrogen-bond donors (Lipinski definition) is 1. The number of likely N-dealkylation sites (tertiary alicyclic amines) is 1. The molecule has 0 saturated carbocycles. The summed E-state index contributed by atoms with van der Waals surface area (Å²) in [6, 6.07) is 9.41. The summed E-state index contributed by atoms with van der Waals surface area (Å²) in [7, 11) is -3.33. The Morgan fingerprint density at radius 3 is 2.74 bits per heavy atom. The number of carbonyl (C=O) groups is 1. The van der Waals surface area contributed by atoms with Crippen molar-refractivity contribution in [3.8, 4) is 0 Å². The molecule has 1 saturated heterocycles. The summed E-state index contributed by atoms with van der Waals surface area (Å²) in [6.45, 7) is 2.60. The molecule has 0 aromatic heterocycles. The Bertz CT molecular complexity index is 717. The van der Waals surface area contributed by atoms with Crippen molar-refractivity contribution in [2.24, 2.45) is 0 Å². The predicted molar refractivity (Wildman–Crippen MR) is 86.0 cm³/mol. The van der Waals surface area contributed by atoms with Crippen LogP contribution in [0.25, 0.3) is 0 Å². The Morgan fingerprint density at radius 1 is 1.39 bits per heavy atom. The van der Waals surface area contributed by atoms with Crippen LogP contribution < -0.4 is 4.72 Å². The lowest BCUT2D eigenvalue weighted by molar-refractivity contribution is 0.0608. The number of carbonyl (C=O) groups excluding carboxylic acids is 1. The van der Waals surface area contributed by atoms with Crippen LogP contribution in [0.2, 0.25) is 0 Å². The number of piperidine rings is 1. The first-order valence-corrected chi connectivity index (χ1v) is 9.14. The van der Waals surface area contributed by atoms with Gasteiger partial charge in [0.1, 0.15) is 6.61 Å². The Hall–Kier alpha value is -1.86. The van der Waals surface area contributed by atoms with E-state index in [1.54, 1.807) is 11.0 Å². The molecule has 1 aromatic carbocycles. The fraction of sp³-hybridized carbons (Fsp3) is 0.438. The molecule has 23 heavy (non-hydrogen) atoms. The molecule has 2 unspecified atom stereocenters. The molecule has 2 aliphatic rings. The molecule has 1 aromatic rings. The van der Waals surface area contributed by atoms with Crippen LogP contribution in [0, 0.1) is 0 Å². The first-order chi connectivity index (χ1) is 10.9. The number of benzene rings is 1. The number of ether oxygens (including phenoxy) is 1. The lowest BCUT2D eigenvalue weighted by Gasteiger charge is -2.41. The van der Waals surface area contributed by atoms with Gasteiger partial charge in [0.15, 0.2) is 0 Å². The highest BCUT2D eigenvalue weighted by Crippen LogP contribution is 2.32. The number of nitrogens with one attached hydrogen (secondary N) is 1. The molecule has 0 aliphatic carbocycles. The maximum Gasteiger partial charge on any atom is 0.410 e. The van der Waals surface area contributed by atoms with E-state index in [4.69, 9.17) is 4.74 Å². The van der Waals surface area contributed by atoms with Crippen molar-refractivity contribution in [1.29, 1.82) is 0 Å². The second-order valence-electron chi connectivity index (χ2n) is 6.14. The zero-order valence-corrected chi connectivity index (χ0v) is 13.8. The average Bonchev–Trinajstić information content (AvgIpc) is 2.80. The Morgan fingerprint density at radius 2 is 2.13 bits per heavy atom. The summed E-state index contributed by atoms with van der Waals surface area (Å²) in [6.07, 6.45) is 2.43. The first kappa shape index (κ1) is 16.0. The maximum absolute atomic E-state index is 12.3. The monoisotopic (exact) mass is 336 g/mol. The molecule has 124 valence electrons. The number of amides is 1. The molecule has 2 heterocycles. The van der Waals surface area contributed by atoms with E-state index in [0.717, 1.165) is 5.56 Å². The smallest absolute Gasteiger partial charge is 0.410 e. The summed E-state index contributed by atoms with van der Waals surface area (Å²) in [5.74, 6) is 0. The highest BCUT2D eigenvalue weighted by atomic mass is 32.2. The van der Waals surface area contributed by atoms with E-state index in [2.05, 4.69) is 4.72 Å². The van der Waals surface area contributed by atoms with Gasteiger partial charge in [-0.05, 0) is 25.3 Å². The molecule has 6 nitrogen and oxygen atoms in total. The van der Waals surface area contributed by atoms with E-state index in [0.29, 0.717) is 19.4 Å². The summed E-state index contributed by atoms with van der Waals surface area (Å²) >= 11 is 0. The highest BCUT2D eigenvalue weighted by molar-refractivity contribution is 7.92. The molecule has 1 fully saturated rings. The van der Waals surface area contributed by atoms with E-state index >= 15 is 0 Å². The Kier molecular flexibility index (Phi) is 4.16. The molecule has 1 N–H and O–H groups in total. The third kappa shape index (κ3) is 3.56. The van der Waals surface area contributed by atoms with Crippen LogP contribution in [-0.4, -0.2) is 37.5 Å². The van der Waals surface area contributed by atoms with Gasteiger partial charge >= 0.3 is 6.09 Å². The van der Waals surface area contributed by atoms with Crippen molar-refractivity contribution in [2.75, 3.05) is 6.54 Å². The number of sulfonamides is 1. The maximum atomic E-state index is 12.3. The number of nitrogens with zero attached hydrogens (tertiary/aromatic N) is 1. The predicted octanol–water partition coefficient (Wildman–Crippen LogP) is 1.99. The van der Waals surface area contributed by atoms with Gasteiger partial charge in [-0.15, -0.1) is 0 Å². The Labute approximate surface area is 136 Å². The molecule has 2 aliphatic heterocycles. The molecule has 2 atom stereocenters. The minimum absolute atomic E-state index is 0.0996. The van der Waals surface area contributed by atoms with Crippen LogP contribution in [0.3, 0.4) is 0 Å². The minimum atomic E-state index is -3.33. The second-order valence-corrected chi connectivity index (χ2v) is 7.71. The van der Waals surface area contributed by atoms with Crippen LogP contribution in [-0.2, 0) is 21.4 Å². The summed E-state index contributed by atoms with van der Waals surface area (Å²) < 4.78 is 31.2. The van der Waals surface area contributed by atoms with Crippen LogP contribution >= 0.6 is 0 Å². The van der Waals surface area contributed by atoms with Crippen LogP contribution in [0.1, 0.15) is 25.3 Å².